The number of nitrogens with zero attached hydrogens (tertiary/aromatic N) is 2. The highest BCUT2D eigenvalue weighted by Gasteiger charge is 2.06. The molecule has 0 aliphatic heterocycles. The summed E-state index contributed by atoms with van der Waals surface area (Å²) in [7, 11) is 1.90. The summed E-state index contributed by atoms with van der Waals surface area (Å²) in [5.41, 5.74) is 6.44. The van der Waals surface area contributed by atoms with E-state index in [-0.39, 0.29) is 12.3 Å². The first-order chi connectivity index (χ1) is 15.0. The van der Waals surface area contributed by atoms with Gasteiger partial charge in [0.05, 0.1) is 25.0 Å². The average Bonchev–Trinajstić information content (AvgIpc) is 3.21. The lowest BCUT2D eigenvalue weighted by atomic mass is 10.0. The van der Waals surface area contributed by atoms with Crippen molar-refractivity contribution in [3.8, 4) is 0 Å². The van der Waals surface area contributed by atoms with E-state index < -0.39 is 5.91 Å². The number of aromatic nitrogens is 2. The number of hydrogen-bond donors (Lipinski definition) is 3. The summed E-state index contributed by atoms with van der Waals surface area (Å²) >= 11 is 0. The van der Waals surface area contributed by atoms with Crippen LogP contribution in [0.4, 0.5) is 0 Å². The largest absolute Gasteiger partial charge is 0.346 e. The fourth-order valence-corrected chi connectivity index (χ4v) is 3.36. The third-order valence-electron chi connectivity index (χ3n) is 5.10. The van der Waals surface area contributed by atoms with Crippen molar-refractivity contribution in [1.29, 1.82) is 0 Å². The molecule has 0 fully saturated rings. The lowest BCUT2D eigenvalue weighted by Gasteiger charge is -2.06. The minimum absolute atomic E-state index is 0.0999. The summed E-state index contributed by atoms with van der Waals surface area (Å²) in [5.74, 6) is -0.512. The first-order valence-electron chi connectivity index (χ1n) is 10.4. The molecule has 1 aromatic heterocycles. The number of hydrogen-bond acceptors (Lipinski definition) is 4. The zero-order chi connectivity index (χ0) is 22.1. The van der Waals surface area contributed by atoms with Gasteiger partial charge in [-0.3, -0.25) is 14.8 Å². The van der Waals surface area contributed by atoms with Crippen molar-refractivity contribution in [3.63, 3.8) is 0 Å². The van der Waals surface area contributed by atoms with Gasteiger partial charge < -0.3 is 9.88 Å². The van der Waals surface area contributed by atoms with E-state index in [1.807, 2.05) is 66.3 Å². The molecule has 0 spiro atoms. The number of nitrogens with one attached hydrogen (secondary N) is 2. The summed E-state index contributed by atoms with van der Waals surface area (Å²) in [6.45, 7) is 0.414. The van der Waals surface area contributed by atoms with Crippen LogP contribution in [-0.2, 0) is 37.6 Å². The first-order valence-corrected chi connectivity index (χ1v) is 10.4. The smallest absolute Gasteiger partial charge is 0.251 e. The number of unbranched alkanes of at least 4 members (excludes halogenated alkanes) is 1. The second-order valence-corrected chi connectivity index (χ2v) is 7.65. The van der Waals surface area contributed by atoms with Crippen molar-refractivity contribution in [2.24, 2.45) is 7.05 Å². The van der Waals surface area contributed by atoms with Gasteiger partial charge in [-0.2, -0.15) is 0 Å². The topological polar surface area (TPSA) is 96.2 Å². The van der Waals surface area contributed by atoms with Gasteiger partial charge in [-0.15, -0.1) is 0 Å². The first kappa shape index (κ1) is 22.2. The molecular weight excluding hydrogens is 392 g/mol. The van der Waals surface area contributed by atoms with Crippen LogP contribution in [0.5, 0.6) is 0 Å². The fraction of sp³-hybridized carbons (Fsp3) is 0.292. The van der Waals surface area contributed by atoms with Gasteiger partial charge in [0.2, 0.25) is 5.91 Å². The van der Waals surface area contributed by atoms with E-state index in [4.69, 9.17) is 5.21 Å². The van der Waals surface area contributed by atoms with Gasteiger partial charge in [0, 0.05) is 18.8 Å². The molecule has 3 N–H and O–H groups in total. The van der Waals surface area contributed by atoms with Crippen LogP contribution >= 0.6 is 0 Å². The monoisotopic (exact) mass is 420 g/mol. The van der Waals surface area contributed by atoms with Gasteiger partial charge in [0.15, 0.2) is 0 Å². The van der Waals surface area contributed by atoms with Crippen molar-refractivity contribution >= 4 is 11.8 Å². The zero-order valence-electron chi connectivity index (χ0n) is 17.7. The molecule has 0 saturated heterocycles. The SMILES string of the molecule is Cn1cnc(CNC(=O)c2ccc(CCCCc3ccc(CC(=O)NO)cc3)cc2)c1. The normalized spacial score (nSPS) is 10.6. The summed E-state index contributed by atoms with van der Waals surface area (Å²) in [6.07, 6.45) is 7.82. The second kappa shape index (κ2) is 11.1. The van der Waals surface area contributed by atoms with Gasteiger partial charge in [-0.05, 0) is 54.5 Å². The molecule has 0 aliphatic carbocycles. The van der Waals surface area contributed by atoms with Gasteiger partial charge in [-0.1, -0.05) is 36.4 Å². The second-order valence-electron chi connectivity index (χ2n) is 7.65. The Bertz CT molecular complexity index is 994. The van der Waals surface area contributed by atoms with Crippen LogP contribution in [0, 0.1) is 0 Å². The maximum absolute atomic E-state index is 12.3. The van der Waals surface area contributed by atoms with Crippen molar-refractivity contribution < 1.29 is 14.8 Å². The predicted octanol–water partition coefficient (Wildman–Crippen LogP) is 2.96. The Kier molecular flexibility index (Phi) is 7.95. The van der Waals surface area contributed by atoms with Gasteiger partial charge in [-0.25, -0.2) is 10.5 Å². The third-order valence-corrected chi connectivity index (χ3v) is 5.10. The fourth-order valence-electron chi connectivity index (χ4n) is 3.36. The van der Waals surface area contributed by atoms with E-state index in [0.29, 0.717) is 12.1 Å². The van der Waals surface area contributed by atoms with Crippen LogP contribution in [0.25, 0.3) is 0 Å². The molecule has 162 valence electrons. The van der Waals surface area contributed by atoms with Gasteiger partial charge in [0.1, 0.15) is 0 Å². The van der Waals surface area contributed by atoms with Crippen LogP contribution in [0.15, 0.2) is 61.1 Å². The maximum Gasteiger partial charge on any atom is 0.251 e. The Morgan fingerprint density at radius 1 is 0.935 bits per heavy atom. The van der Waals surface area contributed by atoms with Crippen molar-refractivity contribution in [3.05, 3.63) is 89.0 Å². The van der Waals surface area contributed by atoms with Crippen LogP contribution < -0.4 is 10.8 Å². The van der Waals surface area contributed by atoms with Crippen molar-refractivity contribution in [2.45, 2.75) is 38.6 Å². The number of aryl methyl sites for hydroxylation is 3. The molecule has 0 unspecified atom stereocenters. The number of carbonyl (C=O) groups excluding carboxylic acids is 2. The Morgan fingerprint density at radius 2 is 1.52 bits per heavy atom. The summed E-state index contributed by atoms with van der Waals surface area (Å²) in [6, 6.07) is 15.6. The van der Waals surface area contributed by atoms with E-state index in [1.165, 1.54) is 11.1 Å². The predicted molar refractivity (Wildman–Crippen MR) is 118 cm³/mol. The van der Waals surface area contributed by atoms with Gasteiger partial charge in [0.25, 0.3) is 5.91 Å². The summed E-state index contributed by atoms with van der Waals surface area (Å²) < 4.78 is 1.85. The average molecular weight is 421 g/mol. The van der Waals surface area contributed by atoms with Crippen molar-refractivity contribution in [2.75, 3.05) is 0 Å². The minimum Gasteiger partial charge on any atom is -0.346 e. The number of carbonyl (C=O) groups is 2. The summed E-state index contributed by atoms with van der Waals surface area (Å²) in [5, 5.41) is 11.5. The number of benzene rings is 2. The third kappa shape index (κ3) is 7.08. The Balaban J connectivity index is 1.38. The van der Waals surface area contributed by atoms with E-state index >= 15 is 0 Å². The maximum atomic E-state index is 12.3. The quantitative estimate of drug-likeness (QED) is 0.267. The lowest BCUT2D eigenvalue weighted by Crippen LogP contribution is -2.22. The Morgan fingerprint density at radius 3 is 2.06 bits per heavy atom. The molecule has 31 heavy (non-hydrogen) atoms. The zero-order valence-corrected chi connectivity index (χ0v) is 17.7. The molecule has 0 radical (unpaired) electrons. The standard InChI is InChI=1S/C24H28N4O3/c1-28-16-22(26-17-28)15-25-24(30)21-12-10-19(11-13-21)5-3-2-4-18-6-8-20(9-7-18)14-23(29)27-31/h6-13,16-17,31H,2-5,14-15H2,1H3,(H,25,30)(H,27,29). The lowest BCUT2D eigenvalue weighted by molar-refractivity contribution is -0.128. The molecule has 2 aromatic carbocycles. The molecule has 0 bridgehead atoms. The summed E-state index contributed by atoms with van der Waals surface area (Å²) in [4.78, 5) is 27.7. The Hall–Kier alpha value is -3.45. The van der Waals surface area contributed by atoms with Gasteiger partial charge >= 0.3 is 0 Å². The molecule has 0 saturated carbocycles. The van der Waals surface area contributed by atoms with Crippen LogP contribution in [-0.4, -0.2) is 26.6 Å². The number of rotatable bonds is 10. The molecule has 3 rings (SSSR count). The van der Waals surface area contributed by atoms with E-state index in [0.717, 1.165) is 36.9 Å². The highest BCUT2D eigenvalue weighted by molar-refractivity contribution is 5.94. The molecule has 7 heteroatoms. The minimum atomic E-state index is -0.413. The molecule has 7 nitrogen and oxygen atoms in total. The highest BCUT2D eigenvalue weighted by Crippen LogP contribution is 2.12. The highest BCUT2D eigenvalue weighted by atomic mass is 16.5. The molecule has 1 heterocycles. The number of hydroxylamine groups is 1. The molecule has 2 amide bonds. The van der Waals surface area contributed by atoms with E-state index in [2.05, 4.69) is 10.3 Å². The van der Waals surface area contributed by atoms with E-state index in [9.17, 15) is 9.59 Å². The Labute approximate surface area is 182 Å². The molecule has 0 aliphatic rings. The van der Waals surface area contributed by atoms with Crippen LogP contribution in [0.2, 0.25) is 0 Å². The number of amides is 2. The molecular formula is C24H28N4O3. The molecule has 0 atom stereocenters. The van der Waals surface area contributed by atoms with Crippen LogP contribution in [0.1, 0.15) is 45.6 Å². The van der Waals surface area contributed by atoms with E-state index in [1.54, 1.807) is 11.8 Å². The van der Waals surface area contributed by atoms with Crippen LogP contribution in [0.3, 0.4) is 0 Å². The number of imidazole rings is 1. The molecule has 3 aromatic rings. The van der Waals surface area contributed by atoms with Crippen molar-refractivity contribution in [1.82, 2.24) is 20.3 Å².